The molecule has 5 rings (SSSR count). The smallest absolute Gasteiger partial charge is 0.255 e. The number of aryl methyl sites for hydroxylation is 2. The summed E-state index contributed by atoms with van der Waals surface area (Å²) in [6.45, 7) is 6.72. The molecule has 0 aliphatic carbocycles. The van der Waals surface area contributed by atoms with Crippen molar-refractivity contribution in [2.75, 3.05) is 18.4 Å². The second-order valence-corrected chi connectivity index (χ2v) is 9.62. The third-order valence-corrected chi connectivity index (χ3v) is 6.51. The maximum absolute atomic E-state index is 13.3. The number of amides is 1. The van der Waals surface area contributed by atoms with Crippen LogP contribution in [0, 0.1) is 13.8 Å². The van der Waals surface area contributed by atoms with Gasteiger partial charge in [0.05, 0.1) is 0 Å². The van der Waals surface area contributed by atoms with Crippen LogP contribution in [0.5, 0.6) is 11.5 Å². The van der Waals surface area contributed by atoms with Gasteiger partial charge in [0.1, 0.15) is 11.5 Å². The van der Waals surface area contributed by atoms with Crippen LogP contribution < -0.4 is 15.8 Å². The Balaban J connectivity index is 1.40. The summed E-state index contributed by atoms with van der Waals surface area (Å²) in [5.41, 5.74) is 11.7. The molecule has 0 radical (unpaired) electrons. The summed E-state index contributed by atoms with van der Waals surface area (Å²) in [6, 6.07) is 23.7. The van der Waals surface area contributed by atoms with Crippen LogP contribution in [0.25, 0.3) is 5.69 Å². The zero-order chi connectivity index (χ0) is 25.1. The molecule has 4 aromatic rings. The Morgan fingerprint density at radius 2 is 1.89 bits per heavy atom. The average Bonchev–Trinajstić information content (AvgIpc) is 3.48. The lowest BCUT2D eigenvalue weighted by Gasteiger charge is -2.18. The summed E-state index contributed by atoms with van der Waals surface area (Å²) < 4.78 is 8.12. The molecule has 6 heteroatoms. The lowest BCUT2D eigenvalue weighted by molar-refractivity contribution is 0.102. The quantitative estimate of drug-likeness (QED) is 0.357. The molecule has 3 aromatic carbocycles. The molecule has 1 amide bonds. The van der Waals surface area contributed by atoms with Crippen molar-refractivity contribution in [1.82, 2.24) is 9.47 Å². The minimum atomic E-state index is -0.178. The summed E-state index contributed by atoms with van der Waals surface area (Å²) in [5, 5.41) is 3.11. The number of hydrogen-bond donors (Lipinski definition) is 2. The molecule has 1 aliphatic heterocycles. The van der Waals surface area contributed by atoms with Crippen LogP contribution >= 0.6 is 0 Å². The molecule has 1 saturated heterocycles. The van der Waals surface area contributed by atoms with Crippen molar-refractivity contribution in [3.63, 3.8) is 0 Å². The van der Waals surface area contributed by atoms with Crippen LogP contribution in [0.15, 0.2) is 85.2 Å². The number of benzene rings is 3. The summed E-state index contributed by atoms with van der Waals surface area (Å²) in [4.78, 5) is 15.6. The molecule has 3 N–H and O–H groups in total. The topological polar surface area (TPSA) is 72.5 Å². The number of ether oxygens (including phenoxy) is 1. The van der Waals surface area contributed by atoms with E-state index < -0.39 is 0 Å². The molecule has 0 unspecified atom stereocenters. The average molecular weight is 481 g/mol. The van der Waals surface area contributed by atoms with Gasteiger partial charge in [0.2, 0.25) is 0 Å². The number of hydrogen-bond acceptors (Lipinski definition) is 4. The summed E-state index contributed by atoms with van der Waals surface area (Å²) in [7, 11) is 0. The second-order valence-electron chi connectivity index (χ2n) is 9.62. The number of nitrogens with two attached hydrogens (primary N) is 1. The molecule has 0 bridgehead atoms. The van der Waals surface area contributed by atoms with Crippen LogP contribution in [-0.2, 0) is 6.54 Å². The van der Waals surface area contributed by atoms with Crippen LogP contribution in [0.4, 0.5) is 5.69 Å². The van der Waals surface area contributed by atoms with Crippen molar-refractivity contribution in [3.05, 3.63) is 107 Å². The van der Waals surface area contributed by atoms with Crippen molar-refractivity contribution in [1.29, 1.82) is 0 Å². The number of aromatic nitrogens is 1. The number of nitrogens with one attached hydrogen (secondary N) is 1. The minimum absolute atomic E-state index is 0.178. The Hall–Kier alpha value is -3.87. The van der Waals surface area contributed by atoms with Gasteiger partial charge in [-0.15, -0.1) is 0 Å². The number of likely N-dealkylation sites (tertiary alicyclic amines) is 1. The second kappa shape index (κ2) is 10.4. The molecule has 1 fully saturated rings. The predicted octanol–water partition coefficient (Wildman–Crippen LogP) is 5.67. The van der Waals surface area contributed by atoms with E-state index in [-0.39, 0.29) is 11.9 Å². The van der Waals surface area contributed by atoms with Gasteiger partial charge in [0.15, 0.2) is 0 Å². The van der Waals surface area contributed by atoms with Crippen molar-refractivity contribution in [2.45, 2.75) is 32.9 Å². The first-order chi connectivity index (χ1) is 17.4. The maximum Gasteiger partial charge on any atom is 0.255 e. The Bertz CT molecular complexity index is 1360. The Kier molecular flexibility index (Phi) is 6.89. The number of rotatable bonds is 7. The number of anilines is 1. The van der Waals surface area contributed by atoms with Gasteiger partial charge in [-0.2, -0.15) is 0 Å². The van der Waals surface area contributed by atoms with E-state index in [9.17, 15) is 4.79 Å². The molecule has 1 aromatic heterocycles. The van der Waals surface area contributed by atoms with Crippen molar-refractivity contribution in [3.8, 4) is 17.2 Å². The van der Waals surface area contributed by atoms with Crippen LogP contribution in [0.2, 0.25) is 0 Å². The lowest BCUT2D eigenvalue weighted by atomic mass is 10.1. The predicted molar refractivity (Wildman–Crippen MR) is 144 cm³/mol. The fraction of sp³-hybridized carbons (Fsp3) is 0.233. The van der Waals surface area contributed by atoms with Gasteiger partial charge in [-0.3, -0.25) is 9.69 Å². The van der Waals surface area contributed by atoms with Gasteiger partial charge in [-0.05, 0) is 85.5 Å². The van der Waals surface area contributed by atoms with Crippen molar-refractivity contribution >= 4 is 11.6 Å². The van der Waals surface area contributed by atoms with Crippen molar-refractivity contribution < 1.29 is 9.53 Å². The number of nitrogens with zero attached hydrogens (tertiary/aromatic N) is 2. The molecule has 0 spiro atoms. The molecule has 6 nitrogen and oxygen atoms in total. The first kappa shape index (κ1) is 23.9. The van der Waals surface area contributed by atoms with Gasteiger partial charge in [0.25, 0.3) is 5.91 Å². The molecular formula is C30H32N4O2. The first-order valence-corrected chi connectivity index (χ1v) is 12.3. The largest absolute Gasteiger partial charge is 0.457 e. The Labute approximate surface area is 212 Å². The van der Waals surface area contributed by atoms with E-state index in [1.54, 1.807) is 6.07 Å². The normalized spacial score (nSPS) is 15.7. The zero-order valence-corrected chi connectivity index (χ0v) is 20.8. The number of carbonyl (C=O) groups is 1. The van der Waals surface area contributed by atoms with Gasteiger partial charge in [-0.1, -0.05) is 24.3 Å². The third-order valence-electron chi connectivity index (χ3n) is 6.51. The van der Waals surface area contributed by atoms with E-state index in [1.165, 1.54) is 5.56 Å². The molecule has 184 valence electrons. The fourth-order valence-corrected chi connectivity index (χ4v) is 4.58. The van der Waals surface area contributed by atoms with Crippen LogP contribution in [0.1, 0.15) is 33.5 Å². The highest BCUT2D eigenvalue weighted by molar-refractivity contribution is 6.04. The van der Waals surface area contributed by atoms with Gasteiger partial charge < -0.3 is 20.4 Å². The maximum atomic E-state index is 13.3. The monoisotopic (exact) mass is 480 g/mol. The van der Waals surface area contributed by atoms with Crippen LogP contribution in [-0.4, -0.2) is 34.5 Å². The first-order valence-electron chi connectivity index (χ1n) is 12.3. The van der Waals surface area contributed by atoms with E-state index in [4.69, 9.17) is 10.5 Å². The summed E-state index contributed by atoms with van der Waals surface area (Å²) in [6.07, 6.45) is 5.14. The van der Waals surface area contributed by atoms with Gasteiger partial charge in [0, 0.05) is 55.0 Å². The summed E-state index contributed by atoms with van der Waals surface area (Å²) >= 11 is 0. The Morgan fingerprint density at radius 1 is 1.06 bits per heavy atom. The van der Waals surface area contributed by atoms with E-state index in [0.29, 0.717) is 11.3 Å². The minimum Gasteiger partial charge on any atom is -0.457 e. The highest BCUT2D eigenvalue weighted by atomic mass is 16.5. The molecule has 2 heterocycles. The van der Waals surface area contributed by atoms with Gasteiger partial charge >= 0.3 is 0 Å². The number of carbonyl (C=O) groups excluding carboxylic acids is 1. The standard InChI is InChI=1S/C30H32N4O2/c1-21-10-13-34(18-21)27-15-23(19-33-12-11-25(31)20-33)14-26(17-27)32-30(35)24-9-8-22(2)29(16-24)36-28-6-4-3-5-7-28/h3-10,13-18,25H,11-12,19-20,31H2,1-2H3,(H,32,35)/t25-/m0/s1. The fourth-order valence-electron chi connectivity index (χ4n) is 4.58. The van der Waals surface area contributed by atoms with E-state index >= 15 is 0 Å². The molecule has 1 aliphatic rings. The van der Waals surface area contributed by atoms with Crippen molar-refractivity contribution in [2.24, 2.45) is 5.73 Å². The molecular weight excluding hydrogens is 448 g/mol. The summed E-state index contributed by atoms with van der Waals surface area (Å²) in [5.74, 6) is 1.22. The SMILES string of the molecule is Cc1ccn(-c2cc(CN3CC[C@H](N)C3)cc(NC(=O)c3ccc(C)c(Oc4ccccc4)c3)c2)c1. The molecule has 0 saturated carbocycles. The zero-order valence-electron chi connectivity index (χ0n) is 20.8. The van der Waals surface area contributed by atoms with Crippen LogP contribution in [0.3, 0.4) is 0 Å². The van der Waals surface area contributed by atoms with E-state index in [0.717, 1.165) is 54.3 Å². The molecule has 1 atom stereocenters. The van der Waals surface area contributed by atoms with E-state index in [1.807, 2.05) is 61.7 Å². The Morgan fingerprint density at radius 3 is 2.61 bits per heavy atom. The van der Waals surface area contributed by atoms with Gasteiger partial charge in [-0.25, -0.2) is 0 Å². The van der Waals surface area contributed by atoms with E-state index in [2.05, 4.69) is 46.1 Å². The highest BCUT2D eigenvalue weighted by Crippen LogP contribution is 2.27. The molecule has 36 heavy (non-hydrogen) atoms. The highest BCUT2D eigenvalue weighted by Gasteiger charge is 2.20. The number of para-hydroxylation sites is 1. The third kappa shape index (κ3) is 5.67. The lowest BCUT2D eigenvalue weighted by Crippen LogP contribution is -2.26.